The van der Waals surface area contributed by atoms with Crippen LogP contribution in [0, 0.1) is 12.8 Å². The molecule has 1 unspecified atom stereocenters. The number of aryl methyl sites for hydroxylation is 1. The van der Waals surface area contributed by atoms with Gasteiger partial charge in [0.1, 0.15) is 0 Å². The minimum atomic E-state index is -0.137. The van der Waals surface area contributed by atoms with Crippen LogP contribution in [-0.2, 0) is 9.53 Å². The standard InChI is InChI=1S/C11H15N3O2/c1-8-3-4-10(13-12-8)14-6-5-9(7-14)11(15)16-2/h3-4,9H,5-7H2,1-2H3. The van der Waals surface area contributed by atoms with Crippen LogP contribution in [-0.4, -0.2) is 36.4 Å². The highest BCUT2D eigenvalue weighted by Crippen LogP contribution is 2.22. The minimum Gasteiger partial charge on any atom is -0.469 e. The second-order valence-electron chi connectivity index (χ2n) is 3.99. The SMILES string of the molecule is COC(=O)C1CCN(c2ccc(C)nn2)C1. The van der Waals surface area contributed by atoms with Crippen LogP contribution in [0.15, 0.2) is 12.1 Å². The van der Waals surface area contributed by atoms with Crippen LogP contribution in [0.3, 0.4) is 0 Å². The number of esters is 1. The summed E-state index contributed by atoms with van der Waals surface area (Å²) in [5.41, 5.74) is 0.896. The summed E-state index contributed by atoms with van der Waals surface area (Å²) in [6, 6.07) is 3.86. The third kappa shape index (κ3) is 2.13. The molecule has 0 bridgehead atoms. The third-order valence-corrected chi connectivity index (χ3v) is 2.83. The molecule has 0 aromatic carbocycles. The quantitative estimate of drug-likeness (QED) is 0.691. The summed E-state index contributed by atoms with van der Waals surface area (Å²) in [5, 5.41) is 8.11. The first-order chi connectivity index (χ1) is 7.70. The Labute approximate surface area is 94.4 Å². The predicted molar refractivity (Wildman–Crippen MR) is 59.1 cm³/mol. The summed E-state index contributed by atoms with van der Waals surface area (Å²) >= 11 is 0. The van der Waals surface area contributed by atoms with Gasteiger partial charge in [-0.3, -0.25) is 4.79 Å². The number of hydrogen-bond acceptors (Lipinski definition) is 5. The smallest absolute Gasteiger partial charge is 0.310 e. The number of hydrogen-bond donors (Lipinski definition) is 0. The lowest BCUT2D eigenvalue weighted by molar-refractivity contribution is -0.144. The van der Waals surface area contributed by atoms with Crippen molar-refractivity contribution in [3.05, 3.63) is 17.8 Å². The molecule has 1 aromatic heterocycles. The van der Waals surface area contributed by atoms with Gasteiger partial charge >= 0.3 is 5.97 Å². The zero-order valence-corrected chi connectivity index (χ0v) is 9.51. The minimum absolute atomic E-state index is 0.0342. The average Bonchev–Trinajstić information content (AvgIpc) is 2.78. The van der Waals surface area contributed by atoms with E-state index in [0.717, 1.165) is 24.5 Å². The topological polar surface area (TPSA) is 55.3 Å². The fourth-order valence-electron chi connectivity index (χ4n) is 1.89. The van der Waals surface area contributed by atoms with Crippen molar-refractivity contribution in [3.8, 4) is 0 Å². The molecule has 1 aliphatic heterocycles. The van der Waals surface area contributed by atoms with Gasteiger partial charge in [-0.05, 0) is 25.5 Å². The van der Waals surface area contributed by atoms with Gasteiger partial charge in [0.05, 0.1) is 18.7 Å². The number of carbonyl (C=O) groups is 1. The number of ether oxygens (including phenoxy) is 1. The Balaban J connectivity index is 2.03. The van der Waals surface area contributed by atoms with Crippen LogP contribution >= 0.6 is 0 Å². The van der Waals surface area contributed by atoms with E-state index < -0.39 is 0 Å². The van der Waals surface area contributed by atoms with E-state index in [2.05, 4.69) is 15.1 Å². The number of methoxy groups -OCH3 is 1. The molecule has 2 heterocycles. The van der Waals surface area contributed by atoms with E-state index in [4.69, 9.17) is 4.74 Å². The van der Waals surface area contributed by atoms with Crippen LogP contribution in [0.1, 0.15) is 12.1 Å². The van der Waals surface area contributed by atoms with Crippen molar-refractivity contribution in [3.63, 3.8) is 0 Å². The zero-order chi connectivity index (χ0) is 11.5. The van der Waals surface area contributed by atoms with E-state index >= 15 is 0 Å². The number of anilines is 1. The van der Waals surface area contributed by atoms with Crippen molar-refractivity contribution in [2.24, 2.45) is 5.92 Å². The molecule has 5 heteroatoms. The molecule has 16 heavy (non-hydrogen) atoms. The van der Waals surface area contributed by atoms with Gasteiger partial charge in [-0.25, -0.2) is 0 Å². The van der Waals surface area contributed by atoms with Crippen molar-refractivity contribution < 1.29 is 9.53 Å². The average molecular weight is 221 g/mol. The molecule has 1 aliphatic rings. The molecule has 0 aliphatic carbocycles. The van der Waals surface area contributed by atoms with E-state index in [1.165, 1.54) is 7.11 Å². The molecular weight excluding hydrogens is 206 g/mol. The van der Waals surface area contributed by atoms with E-state index in [-0.39, 0.29) is 11.9 Å². The third-order valence-electron chi connectivity index (χ3n) is 2.83. The summed E-state index contributed by atoms with van der Waals surface area (Å²) in [4.78, 5) is 13.4. The molecule has 0 amide bonds. The lowest BCUT2D eigenvalue weighted by Crippen LogP contribution is -2.24. The Morgan fingerprint density at radius 3 is 2.94 bits per heavy atom. The van der Waals surface area contributed by atoms with Crippen molar-refractivity contribution in [2.45, 2.75) is 13.3 Å². The van der Waals surface area contributed by atoms with Crippen LogP contribution in [0.25, 0.3) is 0 Å². The fraction of sp³-hybridized carbons (Fsp3) is 0.545. The van der Waals surface area contributed by atoms with Crippen molar-refractivity contribution in [2.75, 3.05) is 25.1 Å². The normalized spacial score (nSPS) is 19.9. The van der Waals surface area contributed by atoms with Crippen molar-refractivity contribution >= 4 is 11.8 Å². The lowest BCUT2D eigenvalue weighted by atomic mass is 10.1. The number of carbonyl (C=O) groups excluding carboxylic acids is 1. The maximum atomic E-state index is 11.4. The molecule has 0 radical (unpaired) electrons. The van der Waals surface area contributed by atoms with Gasteiger partial charge in [0.25, 0.3) is 0 Å². The van der Waals surface area contributed by atoms with Gasteiger partial charge < -0.3 is 9.64 Å². The van der Waals surface area contributed by atoms with Gasteiger partial charge in [0.15, 0.2) is 5.82 Å². The Morgan fingerprint density at radius 2 is 2.31 bits per heavy atom. The Hall–Kier alpha value is -1.65. The van der Waals surface area contributed by atoms with Gasteiger partial charge in [0.2, 0.25) is 0 Å². The number of aromatic nitrogens is 2. The summed E-state index contributed by atoms with van der Waals surface area (Å²) < 4.78 is 4.74. The van der Waals surface area contributed by atoms with E-state index in [1.54, 1.807) is 0 Å². The second kappa shape index (κ2) is 4.47. The van der Waals surface area contributed by atoms with Crippen LogP contribution < -0.4 is 4.90 Å². The molecule has 1 atom stereocenters. The van der Waals surface area contributed by atoms with Gasteiger partial charge in [0, 0.05) is 13.1 Å². The molecule has 1 fully saturated rings. The highest BCUT2D eigenvalue weighted by molar-refractivity contribution is 5.74. The summed E-state index contributed by atoms with van der Waals surface area (Å²) in [7, 11) is 1.43. The summed E-state index contributed by atoms with van der Waals surface area (Å²) in [5.74, 6) is 0.660. The Kier molecular flexibility index (Phi) is 3.03. The van der Waals surface area contributed by atoms with Crippen LogP contribution in [0.2, 0.25) is 0 Å². The first kappa shape index (κ1) is 10.9. The Bertz CT molecular complexity index is 377. The molecule has 0 saturated carbocycles. The monoisotopic (exact) mass is 221 g/mol. The number of rotatable bonds is 2. The summed E-state index contributed by atoms with van der Waals surface area (Å²) in [6.45, 7) is 3.40. The molecule has 1 aromatic rings. The van der Waals surface area contributed by atoms with Gasteiger partial charge in [-0.15, -0.1) is 5.10 Å². The molecular formula is C11H15N3O2. The molecule has 1 saturated heterocycles. The fourth-order valence-corrected chi connectivity index (χ4v) is 1.89. The highest BCUT2D eigenvalue weighted by Gasteiger charge is 2.29. The van der Waals surface area contributed by atoms with Crippen LogP contribution in [0.4, 0.5) is 5.82 Å². The van der Waals surface area contributed by atoms with Crippen molar-refractivity contribution in [1.82, 2.24) is 10.2 Å². The van der Waals surface area contributed by atoms with E-state index in [0.29, 0.717) is 6.54 Å². The van der Waals surface area contributed by atoms with Gasteiger partial charge in [-0.2, -0.15) is 5.10 Å². The predicted octanol–water partition coefficient (Wildman–Crippen LogP) is 0.784. The van der Waals surface area contributed by atoms with Gasteiger partial charge in [-0.1, -0.05) is 0 Å². The first-order valence-electron chi connectivity index (χ1n) is 5.34. The molecule has 0 N–H and O–H groups in total. The number of nitrogens with zero attached hydrogens (tertiary/aromatic N) is 3. The molecule has 0 spiro atoms. The van der Waals surface area contributed by atoms with E-state index in [1.807, 2.05) is 19.1 Å². The van der Waals surface area contributed by atoms with Crippen LogP contribution in [0.5, 0.6) is 0 Å². The molecule has 2 rings (SSSR count). The molecule has 5 nitrogen and oxygen atoms in total. The van der Waals surface area contributed by atoms with E-state index in [9.17, 15) is 4.79 Å². The zero-order valence-electron chi connectivity index (χ0n) is 9.51. The lowest BCUT2D eigenvalue weighted by Gasteiger charge is -2.15. The summed E-state index contributed by atoms with van der Waals surface area (Å²) in [6.07, 6.45) is 0.822. The first-order valence-corrected chi connectivity index (χ1v) is 5.34. The Morgan fingerprint density at radius 1 is 1.50 bits per heavy atom. The van der Waals surface area contributed by atoms with Crippen molar-refractivity contribution in [1.29, 1.82) is 0 Å². The second-order valence-corrected chi connectivity index (χ2v) is 3.99. The molecule has 86 valence electrons. The maximum Gasteiger partial charge on any atom is 0.310 e. The maximum absolute atomic E-state index is 11.4. The largest absolute Gasteiger partial charge is 0.469 e. The highest BCUT2D eigenvalue weighted by atomic mass is 16.5.